The van der Waals surface area contributed by atoms with Gasteiger partial charge in [0, 0.05) is 24.2 Å². The van der Waals surface area contributed by atoms with Crippen LogP contribution < -0.4 is 0 Å². The minimum atomic E-state index is 0.127. The fraction of sp³-hybridized carbons (Fsp3) is 0.786. The summed E-state index contributed by atoms with van der Waals surface area (Å²) in [5, 5.41) is 4.61. The fourth-order valence-corrected chi connectivity index (χ4v) is 2.46. The fourth-order valence-electron chi connectivity index (χ4n) is 2.46. The normalized spacial score (nSPS) is 22.4. The molecular formula is C14H25N3O. The van der Waals surface area contributed by atoms with Gasteiger partial charge in [-0.25, -0.2) is 0 Å². The van der Waals surface area contributed by atoms with Crippen LogP contribution in [0.4, 0.5) is 0 Å². The number of likely N-dealkylation sites (N-methyl/N-ethyl adjacent to an activating group) is 1. The first-order chi connectivity index (χ1) is 8.36. The molecule has 1 aliphatic heterocycles. The summed E-state index contributed by atoms with van der Waals surface area (Å²) in [6.45, 7) is 12.4. The number of morpholine rings is 1. The number of aromatic nitrogens is 2. The largest absolute Gasteiger partial charge is 0.374 e. The van der Waals surface area contributed by atoms with Gasteiger partial charge >= 0.3 is 0 Å². The predicted octanol–water partition coefficient (Wildman–Crippen LogP) is 1.82. The molecule has 1 unspecified atom stereocenters. The summed E-state index contributed by atoms with van der Waals surface area (Å²) in [6, 6.07) is 2.19. The topological polar surface area (TPSA) is 30.3 Å². The zero-order valence-electron chi connectivity index (χ0n) is 12.2. The van der Waals surface area contributed by atoms with Crippen LogP contribution in [-0.2, 0) is 16.7 Å². The lowest BCUT2D eigenvalue weighted by Gasteiger charge is -2.31. The zero-order chi connectivity index (χ0) is 13.3. The Balaban J connectivity index is 2.13. The van der Waals surface area contributed by atoms with Gasteiger partial charge < -0.3 is 9.64 Å². The molecule has 4 nitrogen and oxygen atoms in total. The number of hydrogen-bond donors (Lipinski definition) is 0. The van der Waals surface area contributed by atoms with E-state index in [1.165, 1.54) is 5.69 Å². The van der Waals surface area contributed by atoms with Crippen molar-refractivity contribution in [3.63, 3.8) is 0 Å². The molecule has 1 saturated heterocycles. The van der Waals surface area contributed by atoms with Gasteiger partial charge in [-0.05, 0) is 20.0 Å². The van der Waals surface area contributed by atoms with Crippen LogP contribution in [0.3, 0.4) is 0 Å². The van der Waals surface area contributed by atoms with Gasteiger partial charge in [-0.3, -0.25) is 4.68 Å². The van der Waals surface area contributed by atoms with Gasteiger partial charge in [0.25, 0.3) is 0 Å². The first-order valence-corrected chi connectivity index (χ1v) is 6.71. The monoisotopic (exact) mass is 251 g/mol. The molecule has 4 heteroatoms. The molecule has 0 N–H and O–H groups in total. The minimum absolute atomic E-state index is 0.127. The Morgan fingerprint density at radius 2 is 2.17 bits per heavy atom. The van der Waals surface area contributed by atoms with Crippen LogP contribution in [0.2, 0.25) is 0 Å². The predicted molar refractivity (Wildman–Crippen MR) is 72.9 cm³/mol. The Kier molecular flexibility index (Phi) is 3.78. The molecule has 1 aromatic rings. The van der Waals surface area contributed by atoms with Crippen LogP contribution in [0, 0.1) is 6.92 Å². The molecule has 102 valence electrons. The molecule has 18 heavy (non-hydrogen) atoms. The van der Waals surface area contributed by atoms with Crippen LogP contribution in [0.1, 0.15) is 32.2 Å². The second kappa shape index (κ2) is 5.02. The zero-order valence-corrected chi connectivity index (χ0v) is 12.2. The van der Waals surface area contributed by atoms with E-state index in [1.54, 1.807) is 0 Å². The van der Waals surface area contributed by atoms with Crippen LogP contribution in [0.25, 0.3) is 0 Å². The van der Waals surface area contributed by atoms with Crippen molar-refractivity contribution in [3.05, 3.63) is 17.5 Å². The van der Waals surface area contributed by atoms with Crippen molar-refractivity contribution < 1.29 is 4.74 Å². The maximum atomic E-state index is 5.83. The third-order valence-electron chi connectivity index (χ3n) is 3.39. The molecule has 0 radical (unpaired) electrons. The van der Waals surface area contributed by atoms with Crippen molar-refractivity contribution >= 4 is 0 Å². The highest BCUT2D eigenvalue weighted by atomic mass is 16.5. The van der Waals surface area contributed by atoms with E-state index in [4.69, 9.17) is 4.74 Å². The molecule has 0 amide bonds. The van der Waals surface area contributed by atoms with Crippen molar-refractivity contribution in [2.75, 3.05) is 26.7 Å². The van der Waals surface area contributed by atoms with Gasteiger partial charge in [-0.1, -0.05) is 20.8 Å². The van der Waals surface area contributed by atoms with Gasteiger partial charge in [-0.2, -0.15) is 5.10 Å². The quantitative estimate of drug-likeness (QED) is 0.803. The van der Waals surface area contributed by atoms with Crippen molar-refractivity contribution in [2.45, 2.75) is 45.8 Å². The number of nitrogens with zero attached hydrogens (tertiary/aromatic N) is 3. The van der Waals surface area contributed by atoms with E-state index in [0.29, 0.717) is 0 Å². The van der Waals surface area contributed by atoms with Gasteiger partial charge in [-0.15, -0.1) is 0 Å². The van der Waals surface area contributed by atoms with Crippen LogP contribution >= 0.6 is 0 Å². The highest BCUT2D eigenvalue weighted by Gasteiger charge is 2.24. The summed E-state index contributed by atoms with van der Waals surface area (Å²) < 4.78 is 7.95. The smallest absolute Gasteiger partial charge is 0.0898 e. The molecule has 1 fully saturated rings. The summed E-state index contributed by atoms with van der Waals surface area (Å²) >= 11 is 0. The van der Waals surface area contributed by atoms with Crippen LogP contribution in [-0.4, -0.2) is 47.5 Å². The average molecular weight is 251 g/mol. The third-order valence-corrected chi connectivity index (χ3v) is 3.39. The molecule has 0 bridgehead atoms. The minimum Gasteiger partial charge on any atom is -0.374 e. The summed E-state index contributed by atoms with van der Waals surface area (Å²) in [6.07, 6.45) is 0.254. The average Bonchev–Trinajstić information content (AvgIpc) is 2.59. The van der Waals surface area contributed by atoms with Crippen molar-refractivity contribution in [2.24, 2.45) is 0 Å². The molecule has 2 rings (SSSR count). The van der Waals surface area contributed by atoms with E-state index in [1.807, 2.05) is 0 Å². The first-order valence-electron chi connectivity index (χ1n) is 6.71. The lowest BCUT2D eigenvalue weighted by molar-refractivity contribution is -0.0297. The van der Waals surface area contributed by atoms with Gasteiger partial charge in [0.15, 0.2) is 0 Å². The number of ether oxygens (including phenoxy) is 1. The molecule has 1 atom stereocenters. The number of aryl methyl sites for hydroxylation is 1. The second-order valence-corrected chi connectivity index (χ2v) is 6.36. The van der Waals surface area contributed by atoms with E-state index in [0.717, 1.165) is 31.9 Å². The van der Waals surface area contributed by atoms with Crippen molar-refractivity contribution in [3.8, 4) is 0 Å². The molecule has 2 heterocycles. The Bertz CT molecular complexity index is 406. The van der Waals surface area contributed by atoms with E-state index in [2.05, 4.69) is 55.5 Å². The molecule has 0 spiro atoms. The Morgan fingerprint density at radius 3 is 2.78 bits per heavy atom. The first kappa shape index (κ1) is 13.6. The van der Waals surface area contributed by atoms with Gasteiger partial charge in [0.2, 0.25) is 0 Å². The summed E-state index contributed by atoms with van der Waals surface area (Å²) in [7, 11) is 2.15. The van der Waals surface area contributed by atoms with E-state index >= 15 is 0 Å². The third kappa shape index (κ3) is 3.12. The lowest BCUT2D eigenvalue weighted by Crippen LogP contribution is -2.42. The van der Waals surface area contributed by atoms with Crippen LogP contribution in [0.5, 0.6) is 0 Å². The number of hydrogen-bond acceptors (Lipinski definition) is 3. The maximum absolute atomic E-state index is 5.83. The highest BCUT2D eigenvalue weighted by Crippen LogP contribution is 2.23. The van der Waals surface area contributed by atoms with Crippen molar-refractivity contribution in [1.29, 1.82) is 0 Å². The Hall–Kier alpha value is -0.870. The summed E-state index contributed by atoms with van der Waals surface area (Å²) in [5.74, 6) is 0. The van der Waals surface area contributed by atoms with E-state index in [-0.39, 0.29) is 11.5 Å². The van der Waals surface area contributed by atoms with Gasteiger partial charge in [0.1, 0.15) is 0 Å². The number of rotatable bonds is 2. The highest BCUT2D eigenvalue weighted by molar-refractivity contribution is 5.17. The Morgan fingerprint density at radius 1 is 1.44 bits per heavy atom. The molecular weight excluding hydrogens is 226 g/mol. The maximum Gasteiger partial charge on any atom is 0.0898 e. The second-order valence-electron chi connectivity index (χ2n) is 6.36. The van der Waals surface area contributed by atoms with Crippen molar-refractivity contribution in [1.82, 2.24) is 14.7 Å². The SMILES string of the molecule is Cc1cc(C(C)(C)C)n(CC2CN(C)CCO2)n1. The van der Waals surface area contributed by atoms with Gasteiger partial charge in [0.05, 0.1) is 24.9 Å². The lowest BCUT2D eigenvalue weighted by atomic mass is 9.92. The summed E-state index contributed by atoms with van der Waals surface area (Å²) in [4.78, 5) is 2.32. The van der Waals surface area contributed by atoms with E-state index in [9.17, 15) is 0 Å². The molecule has 0 saturated carbocycles. The van der Waals surface area contributed by atoms with Crippen LogP contribution in [0.15, 0.2) is 6.07 Å². The summed E-state index contributed by atoms with van der Waals surface area (Å²) in [5.41, 5.74) is 2.50. The molecule has 0 aromatic carbocycles. The molecule has 1 aliphatic rings. The Labute approximate surface area is 110 Å². The molecule has 1 aromatic heterocycles. The molecule has 0 aliphatic carbocycles. The van der Waals surface area contributed by atoms with E-state index < -0.39 is 0 Å². The standard InChI is InChI=1S/C14H25N3O/c1-11-8-13(14(2,3)4)17(15-11)10-12-9-16(5)6-7-18-12/h8,12H,6-7,9-10H2,1-5H3.